The van der Waals surface area contributed by atoms with Crippen LogP contribution in [-0.4, -0.2) is 16.9 Å². The van der Waals surface area contributed by atoms with Crippen LogP contribution in [0.1, 0.15) is 41.0 Å². The minimum absolute atomic E-state index is 0.0614. The lowest BCUT2D eigenvalue weighted by Crippen LogP contribution is -2.38. The summed E-state index contributed by atoms with van der Waals surface area (Å²) in [4.78, 5) is 17.0. The van der Waals surface area contributed by atoms with Crippen LogP contribution < -0.4 is 5.32 Å². The van der Waals surface area contributed by atoms with E-state index in [1.165, 1.54) is 25.7 Å². The van der Waals surface area contributed by atoms with Gasteiger partial charge in [0.05, 0.1) is 10.7 Å². The van der Waals surface area contributed by atoms with Crippen LogP contribution in [0.3, 0.4) is 0 Å². The van der Waals surface area contributed by atoms with Gasteiger partial charge in [-0.25, -0.2) is 4.98 Å². The van der Waals surface area contributed by atoms with Gasteiger partial charge in [0.1, 0.15) is 0 Å². The standard InChI is InChI=1S/C18H20N2OS/c1-11-19-17(10-22-11)13-3-2-4-15(9-13)18(21)20-16-8-12-5-6-14(16)7-12/h2-4,9-10,12,14,16H,5-8H2,1H3,(H,20,21)/t12-,14+,16-/m1/s1. The number of nitrogens with zero attached hydrogens (tertiary/aromatic N) is 1. The quantitative estimate of drug-likeness (QED) is 0.929. The van der Waals surface area contributed by atoms with E-state index in [1.54, 1.807) is 11.3 Å². The molecule has 22 heavy (non-hydrogen) atoms. The normalized spacial score (nSPS) is 26.3. The molecule has 1 N–H and O–H groups in total. The first-order valence-corrected chi connectivity index (χ1v) is 8.90. The number of rotatable bonds is 3. The number of carbonyl (C=O) groups is 1. The summed E-state index contributed by atoms with van der Waals surface area (Å²) < 4.78 is 0. The van der Waals surface area contributed by atoms with Crippen LogP contribution in [-0.2, 0) is 0 Å². The average molecular weight is 312 g/mol. The number of benzene rings is 1. The number of aryl methyl sites for hydroxylation is 1. The lowest BCUT2D eigenvalue weighted by atomic mass is 9.95. The van der Waals surface area contributed by atoms with Crippen molar-refractivity contribution >= 4 is 17.2 Å². The van der Waals surface area contributed by atoms with Gasteiger partial charge in [0, 0.05) is 22.5 Å². The topological polar surface area (TPSA) is 42.0 Å². The van der Waals surface area contributed by atoms with Gasteiger partial charge in [-0.2, -0.15) is 0 Å². The number of hydrogen-bond donors (Lipinski definition) is 1. The highest BCUT2D eigenvalue weighted by Gasteiger charge is 2.40. The van der Waals surface area contributed by atoms with Crippen molar-refractivity contribution in [3.8, 4) is 11.3 Å². The molecular weight excluding hydrogens is 292 g/mol. The fourth-order valence-corrected chi connectivity index (χ4v) is 4.61. The second-order valence-electron chi connectivity index (χ2n) is 6.59. The van der Waals surface area contributed by atoms with Gasteiger partial charge >= 0.3 is 0 Å². The number of nitrogens with one attached hydrogen (secondary N) is 1. The van der Waals surface area contributed by atoms with Gasteiger partial charge in [0.15, 0.2) is 0 Å². The molecule has 2 saturated carbocycles. The Balaban J connectivity index is 1.51. The van der Waals surface area contributed by atoms with E-state index in [0.717, 1.165) is 27.7 Å². The third-order valence-electron chi connectivity index (χ3n) is 5.09. The van der Waals surface area contributed by atoms with E-state index in [2.05, 4.69) is 10.3 Å². The highest BCUT2D eigenvalue weighted by Crippen LogP contribution is 2.44. The molecule has 2 bridgehead atoms. The second-order valence-corrected chi connectivity index (χ2v) is 7.65. The molecule has 114 valence electrons. The predicted molar refractivity (Wildman–Crippen MR) is 89.0 cm³/mol. The zero-order chi connectivity index (χ0) is 15.1. The number of hydrogen-bond acceptors (Lipinski definition) is 3. The molecule has 2 aromatic rings. The van der Waals surface area contributed by atoms with Crippen molar-refractivity contribution in [3.05, 3.63) is 40.2 Å². The summed E-state index contributed by atoms with van der Waals surface area (Å²) >= 11 is 1.64. The van der Waals surface area contributed by atoms with Gasteiger partial charge in [-0.3, -0.25) is 4.79 Å². The van der Waals surface area contributed by atoms with Gasteiger partial charge in [-0.1, -0.05) is 18.6 Å². The third kappa shape index (κ3) is 2.56. The maximum Gasteiger partial charge on any atom is 0.251 e. The average Bonchev–Trinajstić information content (AvgIpc) is 3.24. The number of amides is 1. The summed E-state index contributed by atoms with van der Waals surface area (Å²) in [6, 6.07) is 8.20. The molecule has 0 spiro atoms. The Morgan fingerprint density at radius 1 is 1.32 bits per heavy atom. The molecule has 1 heterocycles. The molecule has 4 heteroatoms. The molecule has 3 atom stereocenters. The molecule has 1 amide bonds. The van der Waals surface area contributed by atoms with Crippen LogP contribution in [0.5, 0.6) is 0 Å². The van der Waals surface area contributed by atoms with Crippen LogP contribution in [0.15, 0.2) is 29.6 Å². The molecule has 0 saturated heterocycles. The van der Waals surface area contributed by atoms with Gasteiger partial charge in [0.2, 0.25) is 0 Å². The van der Waals surface area contributed by atoms with Gasteiger partial charge < -0.3 is 5.32 Å². The summed E-state index contributed by atoms with van der Waals surface area (Å²) in [5, 5.41) is 6.35. The lowest BCUT2D eigenvalue weighted by Gasteiger charge is -2.23. The second kappa shape index (κ2) is 5.51. The van der Waals surface area contributed by atoms with Crippen molar-refractivity contribution in [1.29, 1.82) is 0 Å². The first-order valence-electron chi connectivity index (χ1n) is 8.02. The van der Waals surface area contributed by atoms with Crippen LogP contribution in [0.25, 0.3) is 11.3 Å². The molecule has 0 unspecified atom stereocenters. The molecule has 0 radical (unpaired) electrons. The van der Waals surface area contributed by atoms with Crippen molar-refractivity contribution in [2.45, 2.75) is 38.6 Å². The highest BCUT2D eigenvalue weighted by atomic mass is 32.1. The molecule has 4 rings (SSSR count). The Bertz CT molecular complexity index is 709. The van der Waals surface area contributed by atoms with Crippen LogP contribution in [0.4, 0.5) is 0 Å². The van der Waals surface area contributed by atoms with Gasteiger partial charge in [-0.05, 0) is 50.2 Å². The fraction of sp³-hybridized carbons (Fsp3) is 0.444. The van der Waals surface area contributed by atoms with E-state index in [0.29, 0.717) is 12.0 Å². The van der Waals surface area contributed by atoms with Crippen molar-refractivity contribution < 1.29 is 4.79 Å². The zero-order valence-corrected chi connectivity index (χ0v) is 13.5. The molecule has 0 aliphatic heterocycles. The Labute approximate surface area is 134 Å². The number of aromatic nitrogens is 1. The van der Waals surface area contributed by atoms with Crippen molar-refractivity contribution in [2.24, 2.45) is 11.8 Å². The summed E-state index contributed by atoms with van der Waals surface area (Å²) in [7, 11) is 0. The molecule has 2 aliphatic carbocycles. The minimum Gasteiger partial charge on any atom is -0.349 e. The number of carbonyl (C=O) groups excluding carboxylic acids is 1. The number of fused-ring (bicyclic) bond motifs is 2. The maximum atomic E-state index is 12.5. The summed E-state index contributed by atoms with van der Waals surface area (Å²) in [6.07, 6.45) is 5.12. The van der Waals surface area contributed by atoms with Crippen molar-refractivity contribution in [1.82, 2.24) is 10.3 Å². The van der Waals surface area contributed by atoms with E-state index in [-0.39, 0.29) is 5.91 Å². The van der Waals surface area contributed by atoms with Crippen LogP contribution >= 0.6 is 11.3 Å². The van der Waals surface area contributed by atoms with Crippen LogP contribution in [0.2, 0.25) is 0 Å². The molecule has 1 aromatic heterocycles. The highest BCUT2D eigenvalue weighted by molar-refractivity contribution is 7.09. The minimum atomic E-state index is 0.0614. The number of thiazole rings is 1. The van der Waals surface area contributed by atoms with Gasteiger partial charge in [-0.15, -0.1) is 11.3 Å². The van der Waals surface area contributed by atoms with E-state index < -0.39 is 0 Å². The van der Waals surface area contributed by atoms with Gasteiger partial charge in [0.25, 0.3) is 5.91 Å². The molecule has 2 fully saturated rings. The SMILES string of the molecule is Cc1nc(-c2cccc(C(=O)N[C@@H]3C[C@@H]4CC[C@H]3C4)c2)cs1. The third-order valence-corrected chi connectivity index (χ3v) is 5.87. The monoisotopic (exact) mass is 312 g/mol. The first kappa shape index (κ1) is 13.9. The largest absolute Gasteiger partial charge is 0.349 e. The smallest absolute Gasteiger partial charge is 0.251 e. The Hall–Kier alpha value is -1.68. The van der Waals surface area contributed by atoms with E-state index in [4.69, 9.17) is 0 Å². The Morgan fingerprint density at radius 2 is 2.23 bits per heavy atom. The molecule has 3 nitrogen and oxygen atoms in total. The lowest BCUT2D eigenvalue weighted by molar-refractivity contribution is 0.0923. The van der Waals surface area contributed by atoms with E-state index >= 15 is 0 Å². The first-order chi connectivity index (χ1) is 10.7. The molecular formula is C18H20N2OS. The molecule has 1 aromatic carbocycles. The predicted octanol–water partition coefficient (Wildman–Crippen LogP) is 4.04. The Morgan fingerprint density at radius 3 is 2.91 bits per heavy atom. The molecule has 2 aliphatic rings. The van der Waals surface area contributed by atoms with E-state index in [1.807, 2.05) is 36.6 Å². The van der Waals surface area contributed by atoms with E-state index in [9.17, 15) is 4.79 Å². The van der Waals surface area contributed by atoms with Crippen molar-refractivity contribution in [3.63, 3.8) is 0 Å². The summed E-state index contributed by atoms with van der Waals surface area (Å²) in [5.74, 6) is 1.62. The Kier molecular flexibility index (Phi) is 3.49. The summed E-state index contributed by atoms with van der Waals surface area (Å²) in [5.41, 5.74) is 2.72. The zero-order valence-electron chi connectivity index (χ0n) is 12.7. The van der Waals surface area contributed by atoms with Crippen LogP contribution in [0, 0.1) is 18.8 Å². The fourth-order valence-electron chi connectivity index (χ4n) is 3.99. The maximum absolute atomic E-state index is 12.5. The summed E-state index contributed by atoms with van der Waals surface area (Å²) in [6.45, 7) is 2.00. The van der Waals surface area contributed by atoms with Crippen molar-refractivity contribution in [2.75, 3.05) is 0 Å².